The maximum absolute atomic E-state index is 10.4. The van der Waals surface area contributed by atoms with E-state index in [0.29, 0.717) is 0 Å². The number of aryl methyl sites for hydroxylation is 1. The number of thioether (sulfide) groups is 1. The molecule has 1 heterocycles. The highest BCUT2D eigenvalue weighted by atomic mass is 32.2. The molecule has 1 unspecified atom stereocenters. The molecule has 1 aromatic heterocycles. The fourth-order valence-corrected chi connectivity index (χ4v) is 2.89. The lowest BCUT2D eigenvalue weighted by Gasteiger charge is -2.03. The van der Waals surface area contributed by atoms with Crippen LogP contribution in [0.15, 0.2) is 4.34 Å². The second kappa shape index (κ2) is 5.31. The summed E-state index contributed by atoms with van der Waals surface area (Å²) in [6.45, 7) is 3.88. The molecule has 0 fully saturated rings. The summed E-state index contributed by atoms with van der Waals surface area (Å²) in [6, 6.07) is 0. The van der Waals surface area contributed by atoms with E-state index >= 15 is 0 Å². The Bertz CT molecular complexity index is 314. The highest BCUT2D eigenvalue weighted by Gasteiger charge is 2.12. The predicted molar refractivity (Wildman–Crippen MR) is 56.9 cm³/mol. The summed E-state index contributed by atoms with van der Waals surface area (Å²) >= 11 is 2.81. The van der Waals surface area contributed by atoms with E-state index in [1.165, 1.54) is 23.3 Å². The standard InChI is InChI=1S/C8H12N2O2S2/c1-3-6-9-8(14-10-6)13-5(2)4-7(11)12/h5H,3-4H2,1-2H3,(H,11,12). The Morgan fingerprint density at radius 3 is 2.93 bits per heavy atom. The third-order valence-corrected chi connectivity index (χ3v) is 3.45. The van der Waals surface area contributed by atoms with Crippen molar-refractivity contribution in [1.82, 2.24) is 9.36 Å². The first-order valence-electron chi connectivity index (χ1n) is 4.32. The van der Waals surface area contributed by atoms with E-state index < -0.39 is 5.97 Å². The minimum Gasteiger partial charge on any atom is -0.481 e. The molecule has 1 atom stereocenters. The zero-order valence-electron chi connectivity index (χ0n) is 8.06. The lowest BCUT2D eigenvalue weighted by atomic mass is 10.3. The van der Waals surface area contributed by atoms with Gasteiger partial charge in [0.2, 0.25) is 0 Å². The summed E-state index contributed by atoms with van der Waals surface area (Å²) in [4.78, 5) is 14.7. The molecule has 0 saturated carbocycles. The second-order valence-corrected chi connectivity index (χ2v) is 5.29. The van der Waals surface area contributed by atoms with Gasteiger partial charge in [0.25, 0.3) is 0 Å². The van der Waals surface area contributed by atoms with Crippen molar-refractivity contribution in [1.29, 1.82) is 0 Å². The van der Waals surface area contributed by atoms with Crippen molar-refractivity contribution in [2.24, 2.45) is 0 Å². The van der Waals surface area contributed by atoms with E-state index in [9.17, 15) is 4.79 Å². The van der Waals surface area contributed by atoms with Gasteiger partial charge in [0, 0.05) is 11.7 Å². The van der Waals surface area contributed by atoms with Crippen molar-refractivity contribution in [3.05, 3.63) is 5.82 Å². The molecule has 0 aromatic carbocycles. The lowest BCUT2D eigenvalue weighted by Crippen LogP contribution is -2.05. The first-order valence-corrected chi connectivity index (χ1v) is 5.98. The van der Waals surface area contributed by atoms with E-state index in [1.807, 2.05) is 13.8 Å². The minimum atomic E-state index is -0.773. The summed E-state index contributed by atoms with van der Waals surface area (Å²) in [5, 5.41) is 8.61. The minimum absolute atomic E-state index is 0.0464. The van der Waals surface area contributed by atoms with Crippen LogP contribution in [0.25, 0.3) is 0 Å². The van der Waals surface area contributed by atoms with Crippen molar-refractivity contribution < 1.29 is 9.90 Å². The van der Waals surface area contributed by atoms with Crippen LogP contribution in [-0.2, 0) is 11.2 Å². The lowest BCUT2D eigenvalue weighted by molar-refractivity contribution is -0.136. The van der Waals surface area contributed by atoms with Crippen molar-refractivity contribution in [3.63, 3.8) is 0 Å². The molecule has 78 valence electrons. The largest absolute Gasteiger partial charge is 0.481 e. The maximum atomic E-state index is 10.4. The monoisotopic (exact) mass is 232 g/mol. The zero-order chi connectivity index (χ0) is 10.6. The number of aliphatic carboxylic acids is 1. The molecule has 0 bridgehead atoms. The molecule has 0 aliphatic heterocycles. The van der Waals surface area contributed by atoms with E-state index in [-0.39, 0.29) is 11.7 Å². The van der Waals surface area contributed by atoms with Crippen LogP contribution < -0.4 is 0 Å². The normalized spacial score (nSPS) is 12.7. The molecule has 6 heteroatoms. The van der Waals surface area contributed by atoms with Crippen LogP contribution in [0.1, 0.15) is 26.1 Å². The molecule has 0 spiro atoms. The van der Waals surface area contributed by atoms with Crippen LogP contribution in [0.3, 0.4) is 0 Å². The second-order valence-electron chi connectivity index (χ2n) is 2.86. The van der Waals surface area contributed by atoms with Gasteiger partial charge in [-0.1, -0.05) is 25.6 Å². The molecule has 1 rings (SSSR count). The number of carbonyl (C=O) groups is 1. The highest BCUT2D eigenvalue weighted by Crippen LogP contribution is 2.26. The quantitative estimate of drug-likeness (QED) is 0.787. The third kappa shape index (κ3) is 3.63. The number of aromatic nitrogens is 2. The van der Waals surface area contributed by atoms with Crippen LogP contribution in [-0.4, -0.2) is 25.7 Å². The van der Waals surface area contributed by atoms with Crippen LogP contribution in [0.2, 0.25) is 0 Å². The molecular weight excluding hydrogens is 220 g/mol. The summed E-state index contributed by atoms with van der Waals surface area (Å²) < 4.78 is 4.99. The Hall–Kier alpha value is -0.620. The molecule has 0 saturated heterocycles. The van der Waals surface area contributed by atoms with Gasteiger partial charge >= 0.3 is 5.97 Å². The Morgan fingerprint density at radius 2 is 2.43 bits per heavy atom. The molecule has 0 radical (unpaired) electrons. The zero-order valence-corrected chi connectivity index (χ0v) is 9.69. The summed E-state index contributed by atoms with van der Waals surface area (Å²) in [7, 11) is 0. The smallest absolute Gasteiger partial charge is 0.304 e. The van der Waals surface area contributed by atoms with E-state index in [2.05, 4.69) is 9.36 Å². The number of nitrogens with zero attached hydrogens (tertiary/aromatic N) is 2. The Morgan fingerprint density at radius 1 is 1.71 bits per heavy atom. The SMILES string of the molecule is CCc1nsc(SC(C)CC(=O)O)n1. The predicted octanol–water partition coefficient (Wildman–Crippen LogP) is 2.06. The average Bonchev–Trinajstić information content (AvgIpc) is 2.50. The summed E-state index contributed by atoms with van der Waals surface area (Å²) in [5.41, 5.74) is 0. The number of carboxylic acid groups (broad SMARTS) is 1. The van der Waals surface area contributed by atoms with Gasteiger partial charge in [0.1, 0.15) is 5.82 Å². The van der Waals surface area contributed by atoms with E-state index in [4.69, 9.17) is 5.11 Å². The molecule has 1 aromatic rings. The first-order chi connectivity index (χ1) is 6.61. The molecule has 0 amide bonds. The summed E-state index contributed by atoms with van der Waals surface area (Å²) in [6.07, 6.45) is 0.982. The van der Waals surface area contributed by atoms with Crippen LogP contribution in [0.5, 0.6) is 0 Å². The number of hydrogen-bond donors (Lipinski definition) is 1. The van der Waals surface area contributed by atoms with Gasteiger partial charge in [-0.2, -0.15) is 4.37 Å². The van der Waals surface area contributed by atoms with Crippen molar-refractivity contribution >= 4 is 29.3 Å². The van der Waals surface area contributed by atoms with Gasteiger partial charge in [0.05, 0.1) is 6.42 Å². The number of rotatable bonds is 5. The van der Waals surface area contributed by atoms with Crippen LogP contribution >= 0.6 is 23.3 Å². The van der Waals surface area contributed by atoms with Gasteiger partial charge in [-0.3, -0.25) is 4.79 Å². The average molecular weight is 232 g/mol. The highest BCUT2D eigenvalue weighted by molar-refractivity contribution is 8.01. The molecule has 0 aliphatic carbocycles. The fourth-order valence-electron chi connectivity index (χ4n) is 0.889. The summed E-state index contributed by atoms with van der Waals surface area (Å²) in [5.74, 6) is 0.0604. The first kappa shape index (κ1) is 11.5. The Balaban J connectivity index is 2.47. The van der Waals surface area contributed by atoms with Gasteiger partial charge in [-0.15, -0.1) is 0 Å². The van der Waals surface area contributed by atoms with E-state index in [1.54, 1.807) is 0 Å². The van der Waals surface area contributed by atoms with Gasteiger partial charge in [-0.05, 0) is 11.5 Å². The fraction of sp³-hybridized carbons (Fsp3) is 0.625. The molecule has 1 N–H and O–H groups in total. The molecular formula is C8H12N2O2S2. The maximum Gasteiger partial charge on any atom is 0.304 e. The van der Waals surface area contributed by atoms with Crippen molar-refractivity contribution in [2.75, 3.05) is 0 Å². The molecule has 14 heavy (non-hydrogen) atoms. The van der Waals surface area contributed by atoms with Crippen molar-refractivity contribution in [2.45, 2.75) is 36.3 Å². The molecule has 4 nitrogen and oxygen atoms in total. The Kier molecular flexibility index (Phi) is 4.34. The van der Waals surface area contributed by atoms with E-state index in [0.717, 1.165) is 16.6 Å². The van der Waals surface area contributed by atoms with Crippen LogP contribution in [0, 0.1) is 0 Å². The van der Waals surface area contributed by atoms with Crippen LogP contribution in [0.4, 0.5) is 0 Å². The van der Waals surface area contributed by atoms with Gasteiger partial charge in [-0.25, -0.2) is 4.98 Å². The topological polar surface area (TPSA) is 63.1 Å². The van der Waals surface area contributed by atoms with Crippen molar-refractivity contribution in [3.8, 4) is 0 Å². The van der Waals surface area contributed by atoms with Gasteiger partial charge in [0.15, 0.2) is 4.34 Å². The Labute approximate surface area is 90.9 Å². The number of carboxylic acids is 1. The third-order valence-electron chi connectivity index (χ3n) is 1.53. The number of hydrogen-bond acceptors (Lipinski definition) is 5. The van der Waals surface area contributed by atoms with Gasteiger partial charge < -0.3 is 5.11 Å². The molecule has 0 aliphatic rings.